The molecule has 1 saturated heterocycles. The molecule has 1 fully saturated rings. The fraction of sp³-hybridized carbons (Fsp3) is 0.733. The number of hydrogen-bond acceptors (Lipinski definition) is 5. The highest BCUT2D eigenvalue weighted by Crippen LogP contribution is 2.26. The van der Waals surface area contributed by atoms with Crippen molar-refractivity contribution in [3.63, 3.8) is 0 Å². The molecule has 0 N–H and O–H groups in total. The zero-order valence-electron chi connectivity index (χ0n) is 12.8. The first-order chi connectivity index (χ1) is 9.41. The molecule has 4 nitrogen and oxygen atoms in total. The van der Waals surface area contributed by atoms with Gasteiger partial charge in [0.1, 0.15) is 11.0 Å². The number of ether oxygens (including phenoxy) is 1. The summed E-state index contributed by atoms with van der Waals surface area (Å²) in [6.45, 7) is 8.21. The Kier molecular flexibility index (Phi) is 4.81. The van der Waals surface area contributed by atoms with Crippen molar-refractivity contribution in [1.82, 2.24) is 9.88 Å². The van der Waals surface area contributed by atoms with Gasteiger partial charge in [-0.25, -0.2) is 4.98 Å². The molecule has 0 amide bonds. The number of rotatable bonds is 3. The van der Waals surface area contributed by atoms with E-state index in [2.05, 4.69) is 31.1 Å². The van der Waals surface area contributed by atoms with Gasteiger partial charge in [0.2, 0.25) is 0 Å². The van der Waals surface area contributed by atoms with Crippen molar-refractivity contribution in [3.8, 4) is 0 Å². The molecule has 1 aliphatic heterocycles. The van der Waals surface area contributed by atoms with Crippen molar-refractivity contribution in [2.24, 2.45) is 0 Å². The molecule has 1 unspecified atom stereocenters. The van der Waals surface area contributed by atoms with Gasteiger partial charge in [0.25, 0.3) is 0 Å². The highest BCUT2D eigenvalue weighted by molar-refractivity contribution is 7.09. The van der Waals surface area contributed by atoms with Gasteiger partial charge in [-0.05, 0) is 19.4 Å². The third-order valence-corrected chi connectivity index (χ3v) is 4.58. The molecule has 0 spiro atoms. The van der Waals surface area contributed by atoms with Gasteiger partial charge in [0.15, 0.2) is 0 Å². The Morgan fingerprint density at radius 2 is 2.25 bits per heavy atom. The zero-order chi connectivity index (χ0) is 14.8. The van der Waals surface area contributed by atoms with E-state index >= 15 is 0 Å². The average Bonchev–Trinajstić information content (AvgIpc) is 2.87. The largest absolute Gasteiger partial charge is 0.468 e. The lowest BCUT2D eigenvalue weighted by Gasteiger charge is -2.32. The molecule has 0 bridgehead atoms. The number of esters is 1. The van der Waals surface area contributed by atoms with E-state index in [-0.39, 0.29) is 17.4 Å². The maximum absolute atomic E-state index is 11.9. The molecule has 1 aromatic heterocycles. The van der Waals surface area contributed by atoms with Crippen LogP contribution in [0.5, 0.6) is 0 Å². The molecule has 0 radical (unpaired) electrons. The van der Waals surface area contributed by atoms with Crippen LogP contribution in [0.3, 0.4) is 0 Å². The van der Waals surface area contributed by atoms with Crippen molar-refractivity contribution < 1.29 is 9.53 Å². The van der Waals surface area contributed by atoms with E-state index in [4.69, 9.17) is 9.72 Å². The fourth-order valence-electron chi connectivity index (χ4n) is 2.48. The molecular weight excluding hydrogens is 272 g/mol. The average molecular weight is 296 g/mol. The minimum absolute atomic E-state index is 0.0817. The van der Waals surface area contributed by atoms with Gasteiger partial charge in [0, 0.05) is 10.8 Å². The van der Waals surface area contributed by atoms with Crippen molar-refractivity contribution in [2.45, 2.75) is 58.0 Å². The summed E-state index contributed by atoms with van der Waals surface area (Å²) in [6, 6.07) is -0.101. The molecule has 2 heterocycles. The maximum atomic E-state index is 11.9. The maximum Gasteiger partial charge on any atom is 0.323 e. The number of hydrogen-bond donors (Lipinski definition) is 0. The van der Waals surface area contributed by atoms with Crippen LogP contribution in [0.4, 0.5) is 0 Å². The number of nitrogens with zero attached hydrogens (tertiary/aromatic N) is 2. The number of carbonyl (C=O) groups excluding carboxylic acids is 1. The van der Waals surface area contributed by atoms with Gasteiger partial charge in [-0.1, -0.05) is 27.2 Å². The van der Waals surface area contributed by atoms with E-state index < -0.39 is 0 Å². The number of aromatic nitrogens is 1. The number of thiazole rings is 1. The first kappa shape index (κ1) is 15.4. The summed E-state index contributed by atoms with van der Waals surface area (Å²) in [4.78, 5) is 18.8. The Hall–Kier alpha value is -0.940. The highest BCUT2D eigenvalue weighted by atomic mass is 32.1. The monoisotopic (exact) mass is 296 g/mol. The van der Waals surface area contributed by atoms with Crippen LogP contribution in [0.25, 0.3) is 0 Å². The third kappa shape index (κ3) is 3.58. The Labute approximate surface area is 125 Å². The Bertz CT molecular complexity index is 465. The normalized spacial score (nSPS) is 20.9. The summed E-state index contributed by atoms with van der Waals surface area (Å²) in [6.07, 6.45) is 3.14. The molecule has 0 aliphatic carbocycles. The van der Waals surface area contributed by atoms with E-state index in [1.54, 1.807) is 11.3 Å². The molecule has 1 aliphatic rings. The van der Waals surface area contributed by atoms with Crippen LogP contribution in [-0.2, 0) is 21.5 Å². The van der Waals surface area contributed by atoms with Gasteiger partial charge in [0.05, 0.1) is 19.3 Å². The summed E-state index contributed by atoms with van der Waals surface area (Å²) in [5.74, 6) is -0.114. The van der Waals surface area contributed by atoms with E-state index in [0.717, 1.165) is 43.1 Å². The van der Waals surface area contributed by atoms with E-state index in [9.17, 15) is 4.79 Å². The highest BCUT2D eigenvalue weighted by Gasteiger charge is 2.30. The first-order valence-corrected chi connectivity index (χ1v) is 8.06. The Morgan fingerprint density at radius 1 is 1.50 bits per heavy atom. The number of likely N-dealkylation sites (tertiary alicyclic amines) is 1. The molecule has 2 rings (SSSR count). The standard InChI is InChI=1S/C15H24N2O2S/c1-15(2,3)12-10-20-13(16-12)9-17-8-6-5-7-11(17)14(18)19-4/h10-11H,5-9H2,1-4H3. The van der Waals surface area contributed by atoms with Crippen LogP contribution in [0, 0.1) is 0 Å². The fourth-order valence-corrected chi connectivity index (χ4v) is 3.53. The van der Waals surface area contributed by atoms with Gasteiger partial charge in [-0.3, -0.25) is 9.69 Å². The number of methoxy groups -OCH3 is 1. The molecule has 1 atom stereocenters. The van der Waals surface area contributed by atoms with Crippen molar-refractivity contribution in [2.75, 3.05) is 13.7 Å². The number of carbonyl (C=O) groups is 1. The minimum Gasteiger partial charge on any atom is -0.468 e. The van der Waals surface area contributed by atoms with Crippen LogP contribution in [-0.4, -0.2) is 35.5 Å². The first-order valence-electron chi connectivity index (χ1n) is 7.18. The van der Waals surface area contributed by atoms with Gasteiger partial charge >= 0.3 is 5.97 Å². The second-order valence-corrected chi connectivity index (χ2v) is 7.32. The molecule has 112 valence electrons. The van der Waals surface area contributed by atoms with Crippen LogP contribution < -0.4 is 0 Å². The Morgan fingerprint density at radius 3 is 2.85 bits per heavy atom. The molecule has 0 saturated carbocycles. The smallest absolute Gasteiger partial charge is 0.323 e. The summed E-state index contributed by atoms with van der Waals surface area (Å²) in [7, 11) is 1.47. The van der Waals surface area contributed by atoms with E-state index in [1.165, 1.54) is 7.11 Å². The topological polar surface area (TPSA) is 42.4 Å². The van der Waals surface area contributed by atoms with Crippen molar-refractivity contribution in [3.05, 3.63) is 16.1 Å². The second kappa shape index (κ2) is 6.22. The van der Waals surface area contributed by atoms with E-state index in [0.29, 0.717) is 0 Å². The minimum atomic E-state index is -0.114. The second-order valence-electron chi connectivity index (χ2n) is 6.38. The third-order valence-electron chi connectivity index (χ3n) is 3.75. The van der Waals surface area contributed by atoms with Crippen molar-refractivity contribution in [1.29, 1.82) is 0 Å². The zero-order valence-corrected chi connectivity index (χ0v) is 13.6. The molecule has 0 aromatic carbocycles. The molecule has 20 heavy (non-hydrogen) atoms. The summed E-state index contributed by atoms with van der Waals surface area (Å²) >= 11 is 1.69. The van der Waals surface area contributed by atoms with Gasteiger partial charge in [-0.2, -0.15) is 0 Å². The number of piperidine rings is 1. The predicted octanol–water partition coefficient (Wildman–Crippen LogP) is 2.97. The van der Waals surface area contributed by atoms with Gasteiger partial charge < -0.3 is 4.74 Å². The van der Waals surface area contributed by atoms with Crippen molar-refractivity contribution >= 4 is 17.3 Å². The summed E-state index contributed by atoms with van der Waals surface area (Å²) in [5, 5.41) is 3.22. The van der Waals surface area contributed by atoms with Crippen LogP contribution in [0.15, 0.2) is 5.38 Å². The molecular formula is C15H24N2O2S. The van der Waals surface area contributed by atoms with Crippen LogP contribution >= 0.6 is 11.3 Å². The van der Waals surface area contributed by atoms with Crippen LogP contribution in [0.2, 0.25) is 0 Å². The lowest BCUT2D eigenvalue weighted by atomic mass is 9.93. The van der Waals surface area contributed by atoms with E-state index in [1.807, 2.05) is 0 Å². The SMILES string of the molecule is COC(=O)C1CCCCN1Cc1nc(C(C)(C)C)cs1. The quantitative estimate of drug-likeness (QED) is 0.804. The predicted molar refractivity (Wildman–Crippen MR) is 80.9 cm³/mol. The summed E-state index contributed by atoms with van der Waals surface area (Å²) < 4.78 is 4.92. The molecule has 5 heteroatoms. The lowest BCUT2D eigenvalue weighted by Crippen LogP contribution is -2.44. The summed E-state index contributed by atoms with van der Waals surface area (Å²) in [5.41, 5.74) is 1.21. The Balaban J connectivity index is 2.07. The lowest BCUT2D eigenvalue weighted by molar-refractivity contribution is -0.148. The van der Waals surface area contributed by atoms with Crippen LogP contribution in [0.1, 0.15) is 50.7 Å². The van der Waals surface area contributed by atoms with Gasteiger partial charge in [-0.15, -0.1) is 11.3 Å². The molecule has 1 aromatic rings.